The van der Waals surface area contributed by atoms with Crippen LogP contribution in [0.15, 0.2) is 18.2 Å². The van der Waals surface area contributed by atoms with Gasteiger partial charge in [-0.3, -0.25) is 14.5 Å². The molecule has 1 aromatic rings. The van der Waals surface area contributed by atoms with Crippen LogP contribution < -0.4 is 5.32 Å². The Kier molecular flexibility index (Phi) is 5.16. The number of nitrogens with one attached hydrogen (secondary N) is 1. The largest absolute Gasteiger partial charge is 0.480 e. The van der Waals surface area contributed by atoms with Gasteiger partial charge in [0, 0.05) is 5.69 Å². The number of carboxylic acid groups (broad SMARTS) is 1. The highest BCUT2D eigenvalue weighted by molar-refractivity contribution is 6.31. The SMILES string of the molecule is O=C(CN1CCC[C@H]1C(=O)O)Nc1ccc(Cl)c(C(F)(F)F)c1. The lowest BCUT2D eigenvalue weighted by Crippen LogP contribution is -2.40. The van der Waals surface area contributed by atoms with E-state index in [2.05, 4.69) is 5.32 Å². The molecule has 5 nitrogen and oxygen atoms in total. The Morgan fingerprint density at radius 3 is 2.70 bits per heavy atom. The van der Waals surface area contributed by atoms with Crippen LogP contribution in [0, 0.1) is 0 Å². The molecule has 23 heavy (non-hydrogen) atoms. The highest BCUT2D eigenvalue weighted by Gasteiger charge is 2.34. The first-order valence-corrected chi connectivity index (χ1v) is 7.19. The van der Waals surface area contributed by atoms with Crippen LogP contribution in [0.5, 0.6) is 0 Å². The average Bonchev–Trinajstić information content (AvgIpc) is 2.87. The zero-order valence-corrected chi connectivity index (χ0v) is 12.6. The van der Waals surface area contributed by atoms with E-state index in [1.54, 1.807) is 0 Å². The van der Waals surface area contributed by atoms with Gasteiger partial charge in [-0.1, -0.05) is 11.6 Å². The molecule has 0 aromatic heterocycles. The van der Waals surface area contributed by atoms with Crippen molar-refractivity contribution >= 4 is 29.2 Å². The number of carbonyl (C=O) groups excluding carboxylic acids is 1. The number of halogens is 4. The van der Waals surface area contributed by atoms with Gasteiger partial charge in [-0.15, -0.1) is 0 Å². The van der Waals surface area contributed by atoms with Crippen molar-refractivity contribution < 1.29 is 27.9 Å². The number of benzene rings is 1. The Hall–Kier alpha value is -1.80. The summed E-state index contributed by atoms with van der Waals surface area (Å²) < 4.78 is 38.3. The zero-order valence-electron chi connectivity index (χ0n) is 11.9. The summed E-state index contributed by atoms with van der Waals surface area (Å²) in [5.74, 6) is -1.59. The van der Waals surface area contributed by atoms with E-state index >= 15 is 0 Å². The van der Waals surface area contributed by atoms with Crippen molar-refractivity contribution in [2.24, 2.45) is 0 Å². The quantitative estimate of drug-likeness (QED) is 0.876. The van der Waals surface area contributed by atoms with Gasteiger partial charge in [0.15, 0.2) is 0 Å². The Labute approximate surface area is 135 Å². The van der Waals surface area contributed by atoms with Crippen molar-refractivity contribution in [1.82, 2.24) is 4.90 Å². The van der Waals surface area contributed by atoms with Crippen molar-refractivity contribution in [3.05, 3.63) is 28.8 Å². The van der Waals surface area contributed by atoms with Crippen molar-refractivity contribution in [1.29, 1.82) is 0 Å². The lowest BCUT2D eigenvalue weighted by molar-refractivity contribution is -0.142. The topological polar surface area (TPSA) is 69.6 Å². The number of likely N-dealkylation sites (tertiary alicyclic amines) is 1. The van der Waals surface area contributed by atoms with Gasteiger partial charge in [0.25, 0.3) is 0 Å². The van der Waals surface area contributed by atoms with E-state index in [1.807, 2.05) is 0 Å². The van der Waals surface area contributed by atoms with E-state index in [0.29, 0.717) is 19.4 Å². The Balaban J connectivity index is 2.05. The van der Waals surface area contributed by atoms with Crippen molar-refractivity contribution in [2.75, 3.05) is 18.4 Å². The molecule has 0 aliphatic carbocycles. The van der Waals surface area contributed by atoms with Gasteiger partial charge >= 0.3 is 12.1 Å². The van der Waals surface area contributed by atoms with Crippen LogP contribution >= 0.6 is 11.6 Å². The Morgan fingerprint density at radius 2 is 2.09 bits per heavy atom. The van der Waals surface area contributed by atoms with Gasteiger partial charge in [-0.2, -0.15) is 13.2 Å². The van der Waals surface area contributed by atoms with Crippen LogP contribution in [0.2, 0.25) is 5.02 Å². The van der Waals surface area contributed by atoms with E-state index in [-0.39, 0.29) is 12.2 Å². The lowest BCUT2D eigenvalue weighted by Gasteiger charge is -2.20. The lowest BCUT2D eigenvalue weighted by atomic mass is 10.2. The van der Waals surface area contributed by atoms with E-state index < -0.39 is 34.7 Å². The highest BCUT2D eigenvalue weighted by atomic mass is 35.5. The standard InChI is InChI=1S/C14H14ClF3N2O3/c15-10-4-3-8(6-9(10)14(16,17)18)19-12(21)7-20-5-1-2-11(20)13(22)23/h3-4,6,11H,1-2,5,7H2,(H,19,21)(H,22,23)/t11-/m0/s1. The normalized spacial score (nSPS) is 18.9. The molecule has 1 saturated heterocycles. The van der Waals surface area contributed by atoms with Gasteiger partial charge in [0.2, 0.25) is 5.91 Å². The predicted octanol–water partition coefficient (Wildman–Crippen LogP) is 2.85. The fraction of sp³-hybridized carbons (Fsp3) is 0.429. The summed E-state index contributed by atoms with van der Waals surface area (Å²) in [6, 6.07) is 2.32. The second-order valence-corrected chi connectivity index (χ2v) is 5.61. The monoisotopic (exact) mass is 350 g/mol. The summed E-state index contributed by atoms with van der Waals surface area (Å²) >= 11 is 5.50. The van der Waals surface area contributed by atoms with E-state index in [1.165, 1.54) is 11.0 Å². The number of hydrogen-bond donors (Lipinski definition) is 2. The van der Waals surface area contributed by atoms with Gasteiger partial charge in [0.05, 0.1) is 17.1 Å². The molecule has 1 heterocycles. The third-order valence-electron chi connectivity index (χ3n) is 3.55. The molecule has 0 spiro atoms. The molecule has 0 unspecified atom stereocenters. The van der Waals surface area contributed by atoms with Gasteiger partial charge < -0.3 is 10.4 Å². The molecule has 1 fully saturated rings. The van der Waals surface area contributed by atoms with E-state index in [0.717, 1.165) is 12.1 Å². The van der Waals surface area contributed by atoms with Crippen molar-refractivity contribution in [3.8, 4) is 0 Å². The maximum atomic E-state index is 12.8. The molecule has 2 rings (SSSR count). The molecule has 0 radical (unpaired) electrons. The summed E-state index contributed by atoms with van der Waals surface area (Å²) in [4.78, 5) is 24.4. The van der Waals surface area contributed by atoms with E-state index in [4.69, 9.17) is 16.7 Å². The first-order valence-electron chi connectivity index (χ1n) is 6.82. The fourth-order valence-corrected chi connectivity index (χ4v) is 2.72. The number of anilines is 1. The number of hydrogen-bond acceptors (Lipinski definition) is 3. The van der Waals surface area contributed by atoms with Crippen LogP contribution in [-0.2, 0) is 15.8 Å². The molecule has 9 heteroatoms. The third-order valence-corrected chi connectivity index (χ3v) is 3.88. The molecule has 0 saturated carbocycles. The Bertz CT molecular complexity index is 622. The molecule has 126 valence electrons. The molecule has 2 N–H and O–H groups in total. The summed E-state index contributed by atoms with van der Waals surface area (Å²) in [6.07, 6.45) is -3.52. The minimum Gasteiger partial charge on any atom is -0.480 e. The van der Waals surface area contributed by atoms with Crippen LogP contribution in [0.25, 0.3) is 0 Å². The Morgan fingerprint density at radius 1 is 1.39 bits per heavy atom. The molecular weight excluding hydrogens is 337 g/mol. The molecule has 0 bridgehead atoms. The zero-order chi connectivity index (χ0) is 17.2. The summed E-state index contributed by atoms with van der Waals surface area (Å²) in [6.45, 7) is 0.264. The van der Waals surface area contributed by atoms with Gasteiger partial charge in [-0.05, 0) is 37.6 Å². The average molecular weight is 351 g/mol. The minimum atomic E-state index is -4.62. The molecule has 1 amide bonds. The van der Waals surface area contributed by atoms with Gasteiger partial charge in [0.1, 0.15) is 6.04 Å². The number of alkyl halides is 3. The minimum absolute atomic E-state index is 0.0437. The molecule has 1 aromatic carbocycles. The molecule has 1 aliphatic rings. The van der Waals surface area contributed by atoms with Crippen molar-refractivity contribution in [3.63, 3.8) is 0 Å². The second-order valence-electron chi connectivity index (χ2n) is 5.21. The third kappa shape index (κ3) is 4.35. The van der Waals surface area contributed by atoms with Gasteiger partial charge in [-0.25, -0.2) is 0 Å². The number of amides is 1. The van der Waals surface area contributed by atoms with Crippen LogP contribution in [-0.4, -0.2) is 41.0 Å². The van der Waals surface area contributed by atoms with Crippen LogP contribution in [0.1, 0.15) is 18.4 Å². The van der Waals surface area contributed by atoms with Crippen LogP contribution in [0.4, 0.5) is 18.9 Å². The number of rotatable bonds is 4. The van der Waals surface area contributed by atoms with Crippen molar-refractivity contribution in [2.45, 2.75) is 25.1 Å². The number of aliphatic carboxylic acids is 1. The molecule has 1 atom stereocenters. The number of carbonyl (C=O) groups is 2. The summed E-state index contributed by atoms with van der Waals surface area (Å²) in [5, 5.41) is 10.9. The maximum absolute atomic E-state index is 12.8. The molecular formula is C14H14ClF3N2O3. The highest BCUT2D eigenvalue weighted by Crippen LogP contribution is 2.36. The second kappa shape index (κ2) is 6.76. The first kappa shape index (κ1) is 17.6. The molecule has 1 aliphatic heterocycles. The maximum Gasteiger partial charge on any atom is 0.417 e. The predicted molar refractivity (Wildman–Crippen MR) is 77.3 cm³/mol. The smallest absolute Gasteiger partial charge is 0.417 e. The summed E-state index contributed by atoms with van der Waals surface area (Å²) in [5.41, 5.74) is -1.08. The summed E-state index contributed by atoms with van der Waals surface area (Å²) in [7, 11) is 0. The number of nitrogens with zero attached hydrogens (tertiary/aromatic N) is 1. The van der Waals surface area contributed by atoms with E-state index in [9.17, 15) is 22.8 Å². The van der Waals surface area contributed by atoms with Crippen LogP contribution in [0.3, 0.4) is 0 Å². The fourth-order valence-electron chi connectivity index (χ4n) is 2.50. The number of carboxylic acids is 1. The first-order chi connectivity index (χ1) is 10.7.